The third-order valence-electron chi connectivity index (χ3n) is 6.24. The highest BCUT2D eigenvalue weighted by atomic mass is 19.1. The maximum absolute atomic E-state index is 13.2. The van der Waals surface area contributed by atoms with Gasteiger partial charge < -0.3 is 0 Å². The molecule has 0 spiro atoms. The van der Waals surface area contributed by atoms with Gasteiger partial charge in [-0.25, -0.2) is 4.39 Å². The molecule has 0 saturated carbocycles. The molecule has 0 nitrogen and oxygen atoms in total. The van der Waals surface area contributed by atoms with Crippen molar-refractivity contribution in [3.05, 3.63) is 88.8 Å². The Kier molecular flexibility index (Phi) is 5.93. The molecule has 0 heterocycles. The largest absolute Gasteiger partial charge is 0.207 e. The molecule has 0 fully saturated rings. The van der Waals surface area contributed by atoms with Crippen molar-refractivity contribution in [1.82, 2.24) is 0 Å². The Balaban J connectivity index is 1.80. The highest BCUT2D eigenvalue weighted by molar-refractivity contribution is 5.73. The molecule has 1 aliphatic rings. The third kappa shape index (κ3) is 4.46. The first-order valence-corrected chi connectivity index (χ1v) is 10.5. The SMILES string of the molecule is CC=C/C(=C/CCc1ccc2c(c1)C(C)(C)CCC2(C)C)c1ccc(F)cc1. The van der Waals surface area contributed by atoms with E-state index >= 15 is 0 Å². The van der Waals surface area contributed by atoms with Crippen LogP contribution in [0.5, 0.6) is 0 Å². The number of rotatable bonds is 5. The minimum absolute atomic E-state index is 0.192. The van der Waals surface area contributed by atoms with Crippen LogP contribution in [0.25, 0.3) is 5.57 Å². The molecule has 0 atom stereocenters. The molecular formula is C27H33F. The van der Waals surface area contributed by atoms with E-state index in [1.54, 1.807) is 0 Å². The Hall–Kier alpha value is -2.15. The zero-order chi connectivity index (χ0) is 20.4. The van der Waals surface area contributed by atoms with Crippen LogP contribution in [0.4, 0.5) is 4.39 Å². The smallest absolute Gasteiger partial charge is 0.123 e. The minimum Gasteiger partial charge on any atom is -0.207 e. The van der Waals surface area contributed by atoms with Crippen LogP contribution in [0.2, 0.25) is 0 Å². The maximum atomic E-state index is 13.2. The standard InChI is InChI=1S/C27H33F/c1-6-8-21(22-12-14-23(28)15-13-22)10-7-9-20-11-16-24-25(19-20)27(4,5)18-17-26(24,2)3/h6,8,10-16,19H,7,9,17-18H2,1-5H3/b8-6?,21-10-. The number of aryl methyl sites for hydroxylation is 1. The van der Waals surface area contributed by atoms with Gasteiger partial charge in [0.25, 0.3) is 0 Å². The lowest BCUT2D eigenvalue weighted by atomic mass is 9.63. The summed E-state index contributed by atoms with van der Waals surface area (Å²) in [4.78, 5) is 0. The second-order valence-corrected chi connectivity index (χ2v) is 9.35. The van der Waals surface area contributed by atoms with Gasteiger partial charge in [0.2, 0.25) is 0 Å². The second kappa shape index (κ2) is 8.07. The Bertz CT molecular complexity index is 879. The topological polar surface area (TPSA) is 0 Å². The van der Waals surface area contributed by atoms with Crippen molar-refractivity contribution in [2.75, 3.05) is 0 Å². The molecule has 0 bridgehead atoms. The minimum atomic E-state index is -0.192. The van der Waals surface area contributed by atoms with Gasteiger partial charge in [0.05, 0.1) is 0 Å². The van der Waals surface area contributed by atoms with Gasteiger partial charge in [-0.05, 0) is 83.4 Å². The highest BCUT2D eigenvalue weighted by Crippen LogP contribution is 2.45. The average molecular weight is 377 g/mol. The van der Waals surface area contributed by atoms with Crippen LogP contribution in [0.15, 0.2) is 60.7 Å². The van der Waals surface area contributed by atoms with Crippen molar-refractivity contribution >= 4 is 5.57 Å². The van der Waals surface area contributed by atoms with Gasteiger partial charge in [0.15, 0.2) is 0 Å². The van der Waals surface area contributed by atoms with Crippen molar-refractivity contribution < 1.29 is 4.39 Å². The fraction of sp³-hybridized carbons (Fsp3) is 0.407. The summed E-state index contributed by atoms with van der Waals surface area (Å²) in [6, 6.07) is 13.9. The van der Waals surface area contributed by atoms with E-state index in [9.17, 15) is 4.39 Å². The molecule has 148 valence electrons. The van der Waals surface area contributed by atoms with Gasteiger partial charge in [0, 0.05) is 0 Å². The molecule has 2 aromatic rings. The summed E-state index contributed by atoms with van der Waals surface area (Å²) in [5.74, 6) is -0.192. The first-order valence-electron chi connectivity index (χ1n) is 10.5. The Labute approximate surface area is 170 Å². The fourth-order valence-corrected chi connectivity index (χ4v) is 4.29. The summed E-state index contributed by atoms with van der Waals surface area (Å²) in [5, 5.41) is 0. The number of fused-ring (bicyclic) bond motifs is 1. The Morgan fingerprint density at radius 3 is 2.21 bits per heavy atom. The lowest BCUT2D eigenvalue weighted by molar-refractivity contribution is 0.331. The van der Waals surface area contributed by atoms with Gasteiger partial charge in [0.1, 0.15) is 5.82 Å². The normalized spacial score (nSPS) is 18.3. The first-order chi connectivity index (χ1) is 13.2. The van der Waals surface area contributed by atoms with Crippen LogP contribution in [0.1, 0.15) is 76.1 Å². The number of halogens is 1. The number of hydrogen-bond acceptors (Lipinski definition) is 0. The zero-order valence-electron chi connectivity index (χ0n) is 18.0. The predicted octanol–water partition coefficient (Wildman–Crippen LogP) is 7.77. The van der Waals surface area contributed by atoms with Crippen LogP contribution in [0.3, 0.4) is 0 Å². The summed E-state index contributed by atoms with van der Waals surface area (Å²) in [6.07, 6.45) is 10.9. The number of hydrogen-bond donors (Lipinski definition) is 0. The van der Waals surface area contributed by atoms with Crippen LogP contribution in [0, 0.1) is 5.82 Å². The summed E-state index contributed by atoms with van der Waals surface area (Å²) >= 11 is 0. The summed E-state index contributed by atoms with van der Waals surface area (Å²) in [6.45, 7) is 11.5. The zero-order valence-corrected chi connectivity index (χ0v) is 18.0. The quantitative estimate of drug-likeness (QED) is 0.468. The fourth-order valence-electron chi connectivity index (χ4n) is 4.29. The second-order valence-electron chi connectivity index (χ2n) is 9.35. The molecule has 0 unspecified atom stereocenters. The molecule has 3 rings (SSSR count). The molecule has 1 heteroatoms. The Morgan fingerprint density at radius 1 is 0.929 bits per heavy atom. The lowest BCUT2D eigenvalue weighted by Crippen LogP contribution is -2.33. The summed E-state index contributed by atoms with van der Waals surface area (Å²) in [5.41, 5.74) is 7.18. The average Bonchev–Trinajstić information content (AvgIpc) is 2.66. The highest BCUT2D eigenvalue weighted by Gasteiger charge is 2.36. The van der Waals surface area contributed by atoms with E-state index in [0.717, 1.165) is 24.0 Å². The van der Waals surface area contributed by atoms with Crippen LogP contribution >= 0.6 is 0 Å². The van der Waals surface area contributed by atoms with Crippen molar-refractivity contribution in [1.29, 1.82) is 0 Å². The molecule has 2 aromatic carbocycles. The molecule has 0 amide bonds. The van der Waals surface area contributed by atoms with Crippen molar-refractivity contribution in [3.8, 4) is 0 Å². The summed E-state index contributed by atoms with van der Waals surface area (Å²) in [7, 11) is 0. The molecular weight excluding hydrogens is 343 g/mol. The maximum Gasteiger partial charge on any atom is 0.123 e. The molecule has 28 heavy (non-hydrogen) atoms. The molecule has 0 radical (unpaired) electrons. The summed E-state index contributed by atoms with van der Waals surface area (Å²) < 4.78 is 13.2. The van der Waals surface area contributed by atoms with Crippen LogP contribution in [-0.4, -0.2) is 0 Å². The van der Waals surface area contributed by atoms with E-state index in [-0.39, 0.29) is 16.6 Å². The van der Waals surface area contributed by atoms with Crippen molar-refractivity contribution in [3.63, 3.8) is 0 Å². The van der Waals surface area contributed by atoms with E-state index in [4.69, 9.17) is 0 Å². The van der Waals surface area contributed by atoms with Crippen LogP contribution in [-0.2, 0) is 17.3 Å². The van der Waals surface area contributed by atoms with Gasteiger partial charge >= 0.3 is 0 Å². The first kappa shape index (κ1) is 20.6. The number of allylic oxidation sites excluding steroid dienone is 4. The van der Waals surface area contributed by atoms with E-state index in [0.29, 0.717) is 0 Å². The van der Waals surface area contributed by atoms with E-state index in [1.807, 2.05) is 25.1 Å². The van der Waals surface area contributed by atoms with Gasteiger partial charge in [-0.2, -0.15) is 0 Å². The van der Waals surface area contributed by atoms with Crippen LogP contribution < -0.4 is 0 Å². The molecule has 1 aliphatic carbocycles. The van der Waals surface area contributed by atoms with Crippen molar-refractivity contribution in [2.24, 2.45) is 0 Å². The molecule has 0 aliphatic heterocycles. The molecule has 0 saturated heterocycles. The third-order valence-corrected chi connectivity index (χ3v) is 6.24. The van der Waals surface area contributed by atoms with Gasteiger partial charge in [-0.15, -0.1) is 0 Å². The van der Waals surface area contributed by atoms with Gasteiger partial charge in [-0.1, -0.05) is 76.3 Å². The van der Waals surface area contributed by atoms with Crippen molar-refractivity contribution in [2.45, 2.75) is 71.1 Å². The predicted molar refractivity (Wildman–Crippen MR) is 119 cm³/mol. The Morgan fingerprint density at radius 2 is 1.57 bits per heavy atom. The lowest BCUT2D eigenvalue weighted by Gasteiger charge is -2.42. The molecule has 0 N–H and O–H groups in total. The monoisotopic (exact) mass is 376 g/mol. The van der Waals surface area contributed by atoms with E-state index in [2.05, 4.69) is 58.0 Å². The van der Waals surface area contributed by atoms with E-state index < -0.39 is 0 Å². The molecule has 0 aromatic heterocycles. The van der Waals surface area contributed by atoms with Gasteiger partial charge in [-0.3, -0.25) is 0 Å². The van der Waals surface area contributed by atoms with E-state index in [1.165, 1.54) is 41.7 Å². The number of benzene rings is 2.